The number of para-hydroxylation sites is 1. The van der Waals surface area contributed by atoms with E-state index in [0.29, 0.717) is 28.5 Å². The third-order valence-corrected chi connectivity index (χ3v) is 3.86. The van der Waals surface area contributed by atoms with Crippen molar-refractivity contribution in [3.63, 3.8) is 0 Å². The molecule has 2 nitrogen and oxygen atoms in total. The van der Waals surface area contributed by atoms with E-state index in [1.165, 1.54) is 0 Å². The Morgan fingerprint density at radius 3 is 2.55 bits per heavy atom. The van der Waals surface area contributed by atoms with E-state index in [4.69, 9.17) is 4.42 Å². The molecule has 100 valence electrons. The van der Waals surface area contributed by atoms with E-state index < -0.39 is 0 Å². The summed E-state index contributed by atoms with van der Waals surface area (Å²) in [6.07, 6.45) is 0.628. The molecule has 0 unspecified atom stereocenters. The first-order valence-electron chi connectivity index (χ1n) is 6.42. The van der Waals surface area contributed by atoms with Crippen molar-refractivity contribution >= 4 is 26.9 Å². The van der Waals surface area contributed by atoms with Crippen molar-refractivity contribution in [3.05, 3.63) is 81.7 Å². The van der Waals surface area contributed by atoms with Gasteiger partial charge in [-0.2, -0.15) is 0 Å². The van der Waals surface area contributed by atoms with E-state index in [1.807, 2.05) is 42.5 Å². The summed E-state index contributed by atoms with van der Waals surface area (Å²) < 4.78 is 5.94. The van der Waals surface area contributed by atoms with Gasteiger partial charge in [-0.3, -0.25) is 4.79 Å². The van der Waals surface area contributed by atoms with Crippen LogP contribution in [0.2, 0.25) is 0 Å². The molecule has 0 amide bonds. The molecule has 20 heavy (non-hydrogen) atoms. The van der Waals surface area contributed by atoms with Crippen LogP contribution in [0.1, 0.15) is 16.9 Å². The second-order valence-corrected chi connectivity index (χ2v) is 5.23. The second kappa shape index (κ2) is 5.63. The topological polar surface area (TPSA) is 30.2 Å². The van der Waals surface area contributed by atoms with E-state index >= 15 is 0 Å². The summed E-state index contributed by atoms with van der Waals surface area (Å²) in [5.41, 5.74) is 2.82. The summed E-state index contributed by atoms with van der Waals surface area (Å²) >= 11 is 3.43. The maximum Gasteiger partial charge on any atom is 0.192 e. The Labute approximate surface area is 125 Å². The zero-order valence-corrected chi connectivity index (χ0v) is 12.4. The van der Waals surface area contributed by atoms with E-state index in [9.17, 15) is 4.79 Å². The van der Waals surface area contributed by atoms with Crippen LogP contribution in [0.25, 0.3) is 11.0 Å². The first-order chi connectivity index (χ1) is 9.78. The van der Waals surface area contributed by atoms with E-state index in [1.54, 1.807) is 12.1 Å². The van der Waals surface area contributed by atoms with Gasteiger partial charge in [-0.15, -0.1) is 0 Å². The number of hydrogen-bond acceptors (Lipinski definition) is 2. The van der Waals surface area contributed by atoms with E-state index in [-0.39, 0.29) is 5.43 Å². The van der Waals surface area contributed by atoms with Crippen molar-refractivity contribution in [1.82, 2.24) is 0 Å². The van der Waals surface area contributed by atoms with Gasteiger partial charge in [0.1, 0.15) is 11.3 Å². The summed E-state index contributed by atoms with van der Waals surface area (Å²) in [5, 5.41) is 1.31. The van der Waals surface area contributed by atoms with Crippen LogP contribution >= 0.6 is 15.9 Å². The van der Waals surface area contributed by atoms with Gasteiger partial charge in [0.2, 0.25) is 0 Å². The molecule has 1 heterocycles. The van der Waals surface area contributed by atoms with Crippen molar-refractivity contribution in [2.75, 3.05) is 0 Å². The number of benzene rings is 2. The standard InChI is InChI=1S/C17H13BrO2/c18-11-13-7-4-8-15-16(19)10-14(20-17(13)15)9-12-5-2-1-3-6-12/h1-8,10H,9,11H2. The van der Waals surface area contributed by atoms with Crippen molar-refractivity contribution in [2.24, 2.45) is 0 Å². The zero-order valence-electron chi connectivity index (χ0n) is 10.8. The van der Waals surface area contributed by atoms with Gasteiger partial charge in [0, 0.05) is 23.4 Å². The Bertz CT molecular complexity index is 791. The number of halogens is 1. The highest BCUT2D eigenvalue weighted by molar-refractivity contribution is 9.08. The van der Waals surface area contributed by atoms with Gasteiger partial charge >= 0.3 is 0 Å². The van der Waals surface area contributed by atoms with Crippen LogP contribution in [0.15, 0.2) is 63.8 Å². The minimum atomic E-state index is 0.0139. The third kappa shape index (κ3) is 2.54. The van der Waals surface area contributed by atoms with Gasteiger partial charge in [0.05, 0.1) is 5.39 Å². The largest absolute Gasteiger partial charge is 0.460 e. The summed E-state index contributed by atoms with van der Waals surface area (Å²) in [6.45, 7) is 0. The molecule has 3 aromatic rings. The van der Waals surface area contributed by atoms with Crippen LogP contribution in [0, 0.1) is 0 Å². The number of hydrogen-bond donors (Lipinski definition) is 0. The summed E-state index contributed by atoms with van der Waals surface area (Å²) in [6, 6.07) is 17.2. The van der Waals surface area contributed by atoms with Gasteiger partial charge in [-0.05, 0) is 11.6 Å². The Morgan fingerprint density at radius 2 is 1.80 bits per heavy atom. The average molecular weight is 329 g/mol. The van der Waals surface area contributed by atoms with Crippen molar-refractivity contribution in [2.45, 2.75) is 11.8 Å². The van der Waals surface area contributed by atoms with Crippen molar-refractivity contribution in [1.29, 1.82) is 0 Å². The van der Waals surface area contributed by atoms with Crippen molar-refractivity contribution in [3.8, 4) is 0 Å². The molecule has 0 aliphatic heterocycles. The molecule has 2 aromatic carbocycles. The first kappa shape index (κ1) is 13.1. The van der Waals surface area contributed by atoms with Gasteiger partial charge in [0.15, 0.2) is 5.43 Å². The number of alkyl halides is 1. The summed E-state index contributed by atoms with van der Waals surface area (Å²) in [4.78, 5) is 12.2. The molecular weight excluding hydrogens is 316 g/mol. The molecule has 3 heteroatoms. The molecule has 0 spiro atoms. The van der Waals surface area contributed by atoms with E-state index in [2.05, 4.69) is 15.9 Å². The second-order valence-electron chi connectivity index (χ2n) is 4.67. The Morgan fingerprint density at radius 1 is 1.00 bits per heavy atom. The maximum atomic E-state index is 12.2. The lowest BCUT2D eigenvalue weighted by atomic mass is 10.1. The monoisotopic (exact) mass is 328 g/mol. The summed E-state index contributed by atoms with van der Waals surface area (Å²) in [7, 11) is 0. The van der Waals surface area contributed by atoms with Crippen LogP contribution in [-0.4, -0.2) is 0 Å². The van der Waals surface area contributed by atoms with Crippen LogP contribution in [0.3, 0.4) is 0 Å². The lowest BCUT2D eigenvalue weighted by molar-refractivity contribution is 0.547. The third-order valence-electron chi connectivity index (χ3n) is 3.25. The molecule has 3 rings (SSSR count). The zero-order chi connectivity index (χ0) is 13.9. The molecule has 1 aromatic heterocycles. The number of rotatable bonds is 3. The Hall–Kier alpha value is -1.87. The fourth-order valence-electron chi connectivity index (χ4n) is 2.27. The van der Waals surface area contributed by atoms with Crippen LogP contribution < -0.4 is 5.43 Å². The minimum Gasteiger partial charge on any atom is -0.460 e. The number of fused-ring (bicyclic) bond motifs is 1. The van der Waals surface area contributed by atoms with E-state index in [0.717, 1.165) is 11.1 Å². The van der Waals surface area contributed by atoms with Crippen LogP contribution in [0.5, 0.6) is 0 Å². The molecule has 0 aliphatic rings. The molecule has 0 aliphatic carbocycles. The molecule has 0 bridgehead atoms. The average Bonchev–Trinajstić information content (AvgIpc) is 2.48. The highest BCUT2D eigenvalue weighted by atomic mass is 79.9. The highest BCUT2D eigenvalue weighted by Crippen LogP contribution is 2.21. The molecule has 0 fully saturated rings. The normalized spacial score (nSPS) is 10.8. The quantitative estimate of drug-likeness (QED) is 0.672. The molecular formula is C17H13BrO2. The highest BCUT2D eigenvalue weighted by Gasteiger charge is 2.08. The van der Waals surface area contributed by atoms with Gasteiger partial charge < -0.3 is 4.42 Å². The minimum absolute atomic E-state index is 0.0139. The Balaban J connectivity index is 2.11. The fourth-order valence-corrected chi connectivity index (χ4v) is 2.71. The van der Waals surface area contributed by atoms with Gasteiger partial charge in [-0.25, -0.2) is 0 Å². The molecule has 0 radical (unpaired) electrons. The summed E-state index contributed by atoms with van der Waals surface area (Å²) in [5.74, 6) is 0.696. The SMILES string of the molecule is O=c1cc(Cc2ccccc2)oc2c(CBr)cccc12. The van der Waals surface area contributed by atoms with Crippen LogP contribution in [-0.2, 0) is 11.8 Å². The van der Waals surface area contributed by atoms with Crippen molar-refractivity contribution < 1.29 is 4.42 Å². The fraction of sp³-hybridized carbons (Fsp3) is 0.118. The Kier molecular flexibility index (Phi) is 3.70. The predicted molar refractivity (Wildman–Crippen MR) is 84.4 cm³/mol. The molecule has 0 saturated heterocycles. The molecule has 0 atom stereocenters. The molecule has 0 N–H and O–H groups in total. The van der Waals surface area contributed by atoms with Gasteiger partial charge in [0.25, 0.3) is 0 Å². The smallest absolute Gasteiger partial charge is 0.192 e. The molecule has 0 saturated carbocycles. The van der Waals surface area contributed by atoms with Crippen LogP contribution in [0.4, 0.5) is 0 Å². The first-order valence-corrected chi connectivity index (χ1v) is 7.54. The van der Waals surface area contributed by atoms with Gasteiger partial charge in [-0.1, -0.05) is 58.4 Å². The maximum absolute atomic E-state index is 12.2. The lowest BCUT2D eigenvalue weighted by Gasteiger charge is -2.06. The predicted octanol–water partition coefficient (Wildman–Crippen LogP) is 4.28. The lowest BCUT2D eigenvalue weighted by Crippen LogP contribution is -2.03.